The van der Waals surface area contributed by atoms with Gasteiger partial charge in [-0.1, -0.05) is 33.2 Å². The number of amides is 1. The molecule has 0 radical (unpaired) electrons. The predicted octanol–water partition coefficient (Wildman–Crippen LogP) is 4.21. The van der Waals surface area contributed by atoms with Crippen molar-refractivity contribution in [3.63, 3.8) is 0 Å². The van der Waals surface area contributed by atoms with Crippen molar-refractivity contribution in [2.45, 2.75) is 0 Å². The number of piperazine rings is 1. The van der Waals surface area contributed by atoms with Crippen molar-refractivity contribution in [3.05, 3.63) is 70.6 Å². The highest BCUT2D eigenvalue weighted by Gasteiger charge is 2.25. The molecule has 0 spiro atoms. The van der Waals surface area contributed by atoms with Gasteiger partial charge in [-0.2, -0.15) is 0 Å². The molecule has 5 nitrogen and oxygen atoms in total. The smallest absolute Gasteiger partial charge is 0.276 e. The summed E-state index contributed by atoms with van der Waals surface area (Å²) in [6.45, 7) is 2.54. The second-order valence-corrected chi connectivity index (χ2v) is 7.25. The van der Waals surface area contributed by atoms with Crippen LogP contribution in [0, 0.1) is 5.82 Å². The molecule has 138 valence electrons. The molecule has 1 saturated heterocycles. The first kappa shape index (κ1) is 17.7. The van der Waals surface area contributed by atoms with E-state index in [4.69, 9.17) is 4.52 Å². The van der Waals surface area contributed by atoms with Crippen molar-refractivity contribution in [1.29, 1.82) is 0 Å². The van der Waals surface area contributed by atoms with Crippen LogP contribution in [-0.2, 0) is 0 Å². The molecule has 1 fully saturated rings. The first-order chi connectivity index (χ1) is 13.1. The third kappa shape index (κ3) is 3.88. The van der Waals surface area contributed by atoms with Gasteiger partial charge in [0.05, 0.1) is 0 Å². The van der Waals surface area contributed by atoms with Crippen LogP contribution in [0.5, 0.6) is 0 Å². The van der Waals surface area contributed by atoms with Crippen molar-refractivity contribution in [1.82, 2.24) is 10.1 Å². The Morgan fingerprint density at radius 3 is 2.33 bits per heavy atom. The molecule has 27 heavy (non-hydrogen) atoms. The minimum Gasteiger partial charge on any atom is -0.368 e. The molecule has 7 heteroatoms. The normalized spacial score (nSPS) is 14.4. The monoisotopic (exact) mass is 429 g/mol. The van der Waals surface area contributed by atoms with Gasteiger partial charge in [-0.25, -0.2) is 4.39 Å². The highest BCUT2D eigenvalue weighted by atomic mass is 79.9. The van der Waals surface area contributed by atoms with Gasteiger partial charge in [0, 0.05) is 48.0 Å². The van der Waals surface area contributed by atoms with E-state index in [1.54, 1.807) is 23.1 Å². The fraction of sp³-hybridized carbons (Fsp3) is 0.200. The molecule has 1 aliphatic rings. The molecule has 1 aliphatic heterocycles. The number of benzene rings is 2. The Bertz CT molecular complexity index is 933. The van der Waals surface area contributed by atoms with Gasteiger partial charge in [0.25, 0.3) is 5.91 Å². The minimum atomic E-state index is -0.250. The summed E-state index contributed by atoms with van der Waals surface area (Å²) in [5, 5.41) is 3.94. The van der Waals surface area contributed by atoms with Crippen LogP contribution in [0.4, 0.5) is 10.1 Å². The van der Waals surface area contributed by atoms with Gasteiger partial charge >= 0.3 is 0 Å². The molecule has 2 heterocycles. The van der Waals surface area contributed by atoms with Crippen molar-refractivity contribution >= 4 is 27.5 Å². The van der Waals surface area contributed by atoms with Crippen LogP contribution in [0.2, 0.25) is 0 Å². The van der Waals surface area contributed by atoms with Crippen LogP contribution in [0.25, 0.3) is 11.3 Å². The summed E-state index contributed by atoms with van der Waals surface area (Å²) < 4.78 is 19.4. The molecule has 2 aromatic carbocycles. The van der Waals surface area contributed by atoms with Crippen molar-refractivity contribution in [2.24, 2.45) is 0 Å². The lowest BCUT2D eigenvalue weighted by Gasteiger charge is -2.35. The van der Waals surface area contributed by atoms with Gasteiger partial charge in [-0.3, -0.25) is 4.79 Å². The quantitative estimate of drug-likeness (QED) is 0.625. The van der Waals surface area contributed by atoms with Crippen molar-refractivity contribution in [3.8, 4) is 11.3 Å². The number of rotatable bonds is 3. The third-order valence-corrected chi connectivity index (χ3v) is 5.15. The summed E-state index contributed by atoms with van der Waals surface area (Å²) in [5.41, 5.74) is 2.14. The highest BCUT2D eigenvalue weighted by Crippen LogP contribution is 2.23. The van der Waals surface area contributed by atoms with Crippen LogP contribution >= 0.6 is 15.9 Å². The van der Waals surface area contributed by atoms with E-state index in [1.165, 1.54) is 12.1 Å². The summed E-state index contributed by atoms with van der Waals surface area (Å²) in [7, 11) is 0. The second-order valence-electron chi connectivity index (χ2n) is 6.34. The molecular formula is C20H17BrFN3O2. The molecule has 1 aromatic heterocycles. The number of carbonyl (C=O) groups excluding carboxylic acids is 1. The van der Waals surface area contributed by atoms with Gasteiger partial charge in [0.2, 0.25) is 0 Å². The highest BCUT2D eigenvalue weighted by molar-refractivity contribution is 9.10. The predicted molar refractivity (Wildman–Crippen MR) is 104 cm³/mol. The number of hydrogen-bond donors (Lipinski definition) is 0. The Morgan fingerprint density at radius 1 is 1.00 bits per heavy atom. The van der Waals surface area contributed by atoms with Crippen molar-refractivity contribution < 1.29 is 13.7 Å². The SMILES string of the molecule is O=C(c1cc(-c2ccc(Br)cc2)on1)N1CCN(c2ccc(F)cc2)CC1. The zero-order valence-corrected chi connectivity index (χ0v) is 16.0. The maximum Gasteiger partial charge on any atom is 0.276 e. The van der Waals surface area contributed by atoms with Crippen LogP contribution in [0.1, 0.15) is 10.5 Å². The topological polar surface area (TPSA) is 49.6 Å². The van der Waals surface area contributed by atoms with E-state index in [2.05, 4.69) is 26.0 Å². The lowest BCUT2D eigenvalue weighted by molar-refractivity contribution is 0.0736. The maximum atomic E-state index is 13.1. The van der Waals surface area contributed by atoms with E-state index in [0.717, 1.165) is 15.7 Å². The van der Waals surface area contributed by atoms with E-state index in [1.807, 2.05) is 24.3 Å². The molecule has 1 amide bonds. The van der Waals surface area contributed by atoms with E-state index in [-0.39, 0.29) is 11.7 Å². The number of anilines is 1. The fourth-order valence-electron chi connectivity index (χ4n) is 3.11. The average molecular weight is 430 g/mol. The number of nitrogens with zero attached hydrogens (tertiary/aromatic N) is 3. The van der Waals surface area contributed by atoms with E-state index < -0.39 is 0 Å². The number of halogens is 2. The van der Waals surface area contributed by atoms with Crippen LogP contribution < -0.4 is 4.90 Å². The molecule has 3 aromatic rings. The lowest BCUT2D eigenvalue weighted by atomic mass is 10.1. The Kier molecular flexibility index (Phi) is 4.94. The maximum absolute atomic E-state index is 13.1. The molecule has 0 N–H and O–H groups in total. The summed E-state index contributed by atoms with van der Waals surface area (Å²) in [5.74, 6) is 0.178. The summed E-state index contributed by atoms with van der Waals surface area (Å²) in [4.78, 5) is 16.6. The Hall–Kier alpha value is -2.67. The Balaban J connectivity index is 1.41. The van der Waals surface area contributed by atoms with Crippen LogP contribution in [0.15, 0.2) is 63.6 Å². The molecule has 4 rings (SSSR count). The summed E-state index contributed by atoms with van der Waals surface area (Å²) >= 11 is 3.39. The zero-order valence-electron chi connectivity index (χ0n) is 14.4. The molecule has 0 unspecified atom stereocenters. The van der Waals surface area contributed by atoms with Crippen molar-refractivity contribution in [2.75, 3.05) is 31.1 Å². The molecule has 0 saturated carbocycles. The van der Waals surface area contributed by atoms with Crippen LogP contribution in [-0.4, -0.2) is 42.1 Å². The molecular weight excluding hydrogens is 413 g/mol. The zero-order chi connectivity index (χ0) is 18.8. The van der Waals surface area contributed by atoms with E-state index >= 15 is 0 Å². The standard InChI is InChI=1S/C20H17BrFN3O2/c21-15-3-1-14(2-4-15)19-13-18(23-27-19)20(26)25-11-9-24(10-12-25)17-7-5-16(22)6-8-17/h1-8,13H,9-12H2. The molecule has 0 bridgehead atoms. The number of carbonyl (C=O) groups is 1. The lowest BCUT2D eigenvalue weighted by Crippen LogP contribution is -2.48. The minimum absolute atomic E-state index is 0.138. The Morgan fingerprint density at radius 2 is 1.67 bits per heavy atom. The average Bonchev–Trinajstić information content (AvgIpc) is 3.19. The summed E-state index contributed by atoms with van der Waals surface area (Å²) in [6, 6.07) is 15.7. The largest absolute Gasteiger partial charge is 0.368 e. The Labute approximate surface area is 164 Å². The van der Waals surface area contributed by atoms with Gasteiger partial charge in [-0.15, -0.1) is 0 Å². The first-order valence-electron chi connectivity index (χ1n) is 8.62. The van der Waals surface area contributed by atoms with Gasteiger partial charge in [-0.05, 0) is 36.4 Å². The van der Waals surface area contributed by atoms with E-state index in [9.17, 15) is 9.18 Å². The van der Waals surface area contributed by atoms with Gasteiger partial charge in [0.15, 0.2) is 11.5 Å². The second kappa shape index (κ2) is 7.52. The van der Waals surface area contributed by atoms with Gasteiger partial charge in [0.1, 0.15) is 5.82 Å². The number of hydrogen-bond acceptors (Lipinski definition) is 4. The third-order valence-electron chi connectivity index (χ3n) is 4.62. The summed E-state index contributed by atoms with van der Waals surface area (Å²) in [6.07, 6.45) is 0. The van der Waals surface area contributed by atoms with E-state index in [0.29, 0.717) is 37.6 Å². The fourth-order valence-corrected chi connectivity index (χ4v) is 3.37. The molecule has 0 aliphatic carbocycles. The first-order valence-corrected chi connectivity index (χ1v) is 9.42. The van der Waals surface area contributed by atoms with Crippen LogP contribution in [0.3, 0.4) is 0 Å². The number of aromatic nitrogens is 1. The molecule has 0 atom stereocenters. The van der Waals surface area contributed by atoms with Gasteiger partial charge < -0.3 is 14.3 Å².